The summed E-state index contributed by atoms with van der Waals surface area (Å²) in [5.41, 5.74) is 2.84. The highest BCUT2D eigenvalue weighted by molar-refractivity contribution is 5.77. The molecular formula is C25H30F3N3O3. The van der Waals surface area contributed by atoms with Crippen LogP contribution in [0.5, 0.6) is 5.75 Å². The molecule has 4 rings (SSSR count). The van der Waals surface area contributed by atoms with Gasteiger partial charge >= 0.3 is 6.18 Å². The van der Waals surface area contributed by atoms with Gasteiger partial charge in [0.1, 0.15) is 11.9 Å². The Morgan fingerprint density at radius 2 is 1.82 bits per heavy atom. The highest BCUT2D eigenvalue weighted by Gasteiger charge is 2.30. The van der Waals surface area contributed by atoms with Gasteiger partial charge in [-0.2, -0.15) is 13.2 Å². The van der Waals surface area contributed by atoms with Crippen molar-refractivity contribution in [1.82, 2.24) is 15.2 Å². The number of rotatable bonds is 9. The Labute approximate surface area is 197 Å². The van der Waals surface area contributed by atoms with E-state index in [1.807, 2.05) is 12.1 Å². The maximum atomic E-state index is 12.9. The molecule has 2 aliphatic rings. The van der Waals surface area contributed by atoms with Crippen LogP contribution in [0.2, 0.25) is 0 Å². The number of likely N-dealkylation sites (tertiary alicyclic amines) is 1. The van der Waals surface area contributed by atoms with Gasteiger partial charge < -0.3 is 20.1 Å². The number of hydrogen-bond acceptors (Lipinski definition) is 5. The minimum absolute atomic E-state index is 0.0331. The topological polar surface area (TPSA) is 74.7 Å². The zero-order chi connectivity index (χ0) is 24.1. The Hall–Kier alpha value is -2.65. The zero-order valence-electron chi connectivity index (χ0n) is 18.9. The van der Waals surface area contributed by atoms with Gasteiger partial charge in [0.05, 0.1) is 17.9 Å². The summed E-state index contributed by atoms with van der Waals surface area (Å²) in [6, 6.07) is 10.4. The van der Waals surface area contributed by atoms with Crippen molar-refractivity contribution in [3.8, 4) is 5.75 Å². The molecule has 1 aromatic heterocycles. The Balaban J connectivity index is 1.38. The van der Waals surface area contributed by atoms with Gasteiger partial charge in [-0.15, -0.1) is 0 Å². The van der Waals surface area contributed by atoms with Crippen LogP contribution in [-0.4, -0.2) is 59.4 Å². The fraction of sp³-hybridized carbons (Fsp3) is 0.520. The molecule has 2 N–H and O–H groups in total. The summed E-state index contributed by atoms with van der Waals surface area (Å²) in [4.78, 5) is 19.2. The van der Waals surface area contributed by atoms with Crippen molar-refractivity contribution in [2.75, 3.05) is 26.2 Å². The van der Waals surface area contributed by atoms with Crippen LogP contribution in [0.15, 0.2) is 42.6 Å². The van der Waals surface area contributed by atoms with E-state index in [4.69, 9.17) is 4.74 Å². The summed E-state index contributed by atoms with van der Waals surface area (Å²) in [5, 5.41) is 14.0. The average Bonchev–Trinajstić information content (AvgIpc) is 3.45. The van der Waals surface area contributed by atoms with Crippen LogP contribution < -0.4 is 10.1 Å². The molecule has 0 saturated carbocycles. The standard InChI is InChI=1S/C25H30F3N3O3/c26-25(27,28)16-34-20-7-8-21(29-14-20)24(33)22(15-31-9-3-4-10-31)30-23(32)13-17-11-18-5-1-2-6-19(18)12-17/h1-2,5-8,14,17,22,24,33H,3-4,9-13,15-16H2,(H,30,32)/t22-,24-/m1/s1. The summed E-state index contributed by atoms with van der Waals surface area (Å²) in [7, 11) is 0. The highest BCUT2D eigenvalue weighted by Crippen LogP contribution is 2.29. The molecule has 0 bridgehead atoms. The number of amides is 1. The molecule has 1 aliphatic carbocycles. The molecule has 184 valence electrons. The SMILES string of the molecule is O=C(CC1Cc2ccccc2C1)N[C@H](CN1CCCC1)[C@H](O)c1ccc(OCC(F)(F)F)cn1. The fourth-order valence-electron chi connectivity index (χ4n) is 4.81. The predicted molar refractivity (Wildman–Crippen MR) is 120 cm³/mol. The first-order valence-electron chi connectivity index (χ1n) is 11.7. The molecule has 2 heterocycles. The quantitative estimate of drug-likeness (QED) is 0.579. The predicted octanol–water partition coefficient (Wildman–Crippen LogP) is 3.44. The maximum absolute atomic E-state index is 12.9. The number of pyridine rings is 1. The number of carbonyl (C=O) groups excluding carboxylic acids is 1. The molecule has 0 spiro atoms. The first-order valence-corrected chi connectivity index (χ1v) is 11.7. The van der Waals surface area contributed by atoms with Gasteiger partial charge in [0.15, 0.2) is 6.61 Å². The summed E-state index contributed by atoms with van der Waals surface area (Å²) < 4.78 is 41.8. The van der Waals surface area contributed by atoms with Crippen LogP contribution in [0.25, 0.3) is 0 Å². The van der Waals surface area contributed by atoms with E-state index in [9.17, 15) is 23.1 Å². The minimum Gasteiger partial charge on any atom is -0.483 e. The molecule has 9 heteroatoms. The number of aromatic nitrogens is 1. The van der Waals surface area contributed by atoms with E-state index in [2.05, 4.69) is 27.3 Å². The van der Waals surface area contributed by atoms with E-state index in [1.54, 1.807) is 0 Å². The van der Waals surface area contributed by atoms with Crippen molar-refractivity contribution < 1.29 is 27.8 Å². The van der Waals surface area contributed by atoms with Crippen LogP contribution in [0, 0.1) is 5.92 Å². The number of carbonyl (C=O) groups is 1. The van der Waals surface area contributed by atoms with Crippen molar-refractivity contribution >= 4 is 5.91 Å². The summed E-state index contributed by atoms with van der Waals surface area (Å²) >= 11 is 0. The first-order chi connectivity index (χ1) is 16.3. The molecule has 0 unspecified atom stereocenters. The molecular weight excluding hydrogens is 447 g/mol. The largest absolute Gasteiger partial charge is 0.483 e. The third-order valence-electron chi connectivity index (χ3n) is 6.46. The van der Waals surface area contributed by atoms with E-state index < -0.39 is 24.9 Å². The molecule has 2 aromatic rings. The molecule has 2 atom stereocenters. The summed E-state index contributed by atoms with van der Waals surface area (Å²) in [6.45, 7) is 0.865. The lowest BCUT2D eigenvalue weighted by molar-refractivity contribution is -0.153. The van der Waals surface area contributed by atoms with Crippen molar-refractivity contribution in [3.63, 3.8) is 0 Å². The summed E-state index contributed by atoms with van der Waals surface area (Å²) in [5.74, 6) is 0.0746. The number of fused-ring (bicyclic) bond motifs is 1. The number of halogens is 3. The average molecular weight is 478 g/mol. The number of nitrogens with zero attached hydrogens (tertiary/aromatic N) is 2. The molecule has 1 aromatic carbocycles. The lowest BCUT2D eigenvalue weighted by Crippen LogP contribution is -2.47. The zero-order valence-corrected chi connectivity index (χ0v) is 18.9. The smallest absolute Gasteiger partial charge is 0.422 e. The lowest BCUT2D eigenvalue weighted by Gasteiger charge is -2.28. The second kappa shape index (κ2) is 10.7. The van der Waals surface area contributed by atoms with Gasteiger partial charge in [-0.3, -0.25) is 9.78 Å². The third-order valence-corrected chi connectivity index (χ3v) is 6.46. The summed E-state index contributed by atoms with van der Waals surface area (Å²) in [6.07, 6.45) is -0.134. The third kappa shape index (κ3) is 6.70. The molecule has 34 heavy (non-hydrogen) atoms. The molecule has 1 amide bonds. The molecule has 6 nitrogen and oxygen atoms in total. The highest BCUT2D eigenvalue weighted by atomic mass is 19.4. The number of benzene rings is 1. The number of aliphatic hydroxyl groups is 1. The van der Waals surface area contributed by atoms with Gasteiger partial charge in [0.2, 0.25) is 5.91 Å². The monoisotopic (exact) mass is 477 g/mol. The van der Waals surface area contributed by atoms with Crippen molar-refractivity contribution in [2.45, 2.75) is 50.4 Å². The minimum atomic E-state index is -4.44. The van der Waals surface area contributed by atoms with Crippen LogP contribution in [0.1, 0.15) is 42.2 Å². The Kier molecular flexibility index (Phi) is 7.73. The molecule has 0 radical (unpaired) electrons. The molecule has 1 fully saturated rings. The molecule has 1 aliphatic heterocycles. The Bertz CT molecular complexity index is 937. The van der Waals surface area contributed by atoms with E-state index >= 15 is 0 Å². The van der Waals surface area contributed by atoms with Crippen LogP contribution in [0.3, 0.4) is 0 Å². The van der Waals surface area contributed by atoms with Crippen molar-refractivity contribution in [1.29, 1.82) is 0 Å². The van der Waals surface area contributed by atoms with E-state index in [-0.39, 0.29) is 23.3 Å². The van der Waals surface area contributed by atoms with Crippen molar-refractivity contribution in [3.05, 3.63) is 59.4 Å². The maximum Gasteiger partial charge on any atom is 0.422 e. The van der Waals surface area contributed by atoms with Gasteiger partial charge in [0, 0.05) is 13.0 Å². The van der Waals surface area contributed by atoms with Gasteiger partial charge in [-0.1, -0.05) is 24.3 Å². The number of nitrogens with one attached hydrogen (secondary N) is 1. The van der Waals surface area contributed by atoms with Gasteiger partial charge in [-0.05, 0) is 68.0 Å². The fourth-order valence-corrected chi connectivity index (χ4v) is 4.81. The normalized spacial score (nSPS) is 18.5. The lowest BCUT2D eigenvalue weighted by atomic mass is 10.0. The second-order valence-electron chi connectivity index (χ2n) is 9.20. The van der Waals surface area contributed by atoms with E-state index in [1.165, 1.54) is 23.3 Å². The van der Waals surface area contributed by atoms with Crippen LogP contribution in [-0.2, 0) is 17.6 Å². The Morgan fingerprint density at radius 3 is 2.41 bits per heavy atom. The van der Waals surface area contributed by atoms with Crippen LogP contribution in [0.4, 0.5) is 13.2 Å². The van der Waals surface area contributed by atoms with E-state index in [0.717, 1.165) is 45.0 Å². The number of aliphatic hydroxyl groups excluding tert-OH is 1. The number of hydrogen-bond donors (Lipinski definition) is 2. The second-order valence-corrected chi connectivity index (χ2v) is 9.20. The van der Waals surface area contributed by atoms with Crippen LogP contribution >= 0.6 is 0 Å². The van der Waals surface area contributed by atoms with Gasteiger partial charge in [-0.25, -0.2) is 0 Å². The number of alkyl halides is 3. The van der Waals surface area contributed by atoms with Gasteiger partial charge in [0.25, 0.3) is 0 Å². The number of ether oxygens (including phenoxy) is 1. The van der Waals surface area contributed by atoms with Crippen molar-refractivity contribution in [2.24, 2.45) is 5.92 Å². The first kappa shape index (κ1) is 24.5. The Morgan fingerprint density at radius 1 is 1.15 bits per heavy atom. The molecule has 1 saturated heterocycles. The van der Waals surface area contributed by atoms with E-state index in [0.29, 0.717) is 13.0 Å².